The highest BCUT2D eigenvalue weighted by Gasteiger charge is 2.20. The summed E-state index contributed by atoms with van der Waals surface area (Å²) in [4.78, 5) is 2.29. The van der Waals surface area contributed by atoms with Gasteiger partial charge in [0.05, 0.1) is 11.0 Å². The third-order valence-corrected chi connectivity index (χ3v) is 12.5. The molecule has 0 saturated heterocycles. The lowest BCUT2D eigenvalue weighted by molar-refractivity contribution is 0.584. The molecular formula is C62H42N4O. The largest absolute Gasteiger partial charge is 0.416 e. The minimum absolute atomic E-state index is 0.441. The van der Waals surface area contributed by atoms with Crippen LogP contribution in [0.15, 0.2) is 259 Å². The Morgan fingerprint density at radius 1 is 0.284 bits per heavy atom. The van der Waals surface area contributed by atoms with Gasteiger partial charge in [-0.2, -0.15) is 0 Å². The highest BCUT2D eigenvalue weighted by atomic mass is 16.4. The van der Waals surface area contributed by atoms with Gasteiger partial charge < -0.3 is 13.9 Å². The molecule has 2 aromatic heterocycles. The first-order chi connectivity index (χ1) is 33.2. The van der Waals surface area contributed by atoms with E-state index < -0.39 is 0 Å². The lowest BCUT2D eigenvalue weighted by Gasteiger charge is -2.27. The van der Waals surface area contributed by atoms with Crippen molar-refractivity contribution in [2.75, 3.05) is 4.90 Å². The number of fused-ring (bicyclic) bond motifs is 3. The van der Waals surface area contributed by atoms with E-state index in [2.05, 4.69) is 268 Å². The molecule has 0 radical (unpaired) electrons. The van der Waals surface area contributed by atoms with Crippen molar-refractivity contribution in [2.45, 2.75) is 0 Å². The van der Waals surface area contributed by atoms with Crippen LogP contribution in [0.4, 0.5) is 17.1 Å². The quantitative estimate of drug-likeness (QED) is 0.137. The molecule has 0 amide bonds. The summed E-state index contributed by atoms with van der Waals surface area (Å²) in [6.07, 6.45) is 0. The second kappa shape index (κ2) is 17.1. The average Bonchev–Trinajstić information content (AvgIpc) is 4.04. The summed E-state index contributed by atoms with van der Waals surface area (Å²) in [5.74, 6) is 0.890. The number of hydrogen-bond acceptors (Lipinski definition) is 4. The Morgan fingerprint density at radius 2 is 0.701 bits per heavy atom. The van der Waals surface area contributed by atoms with Crippen LogP contribution >= 0.6 is 0 Å². The van der Waals surface area contributed by atoms with Gasteiger partial charge >= 0.3 is 0 Å². The molecule has 316 valence electrons. The standard InChI is InChI=1S/C62H42N4O/c1-6-19-43(20-7-1)49-35-50(44-21-8-2-9-22-44)39-55(38-49)65(53-28-14-5-15-29-53)54-30-18-27-47(37-54)61-63-64-62(67-61)48-33-34-58-57-31-16-17-32-59(57)66(60(58)42-48)56-40-51(45-23-10-3-11-24-45)36-52(41-56)46-25-12-4-13-26-46/h1-42H. The summed E-state index contributed by atoms with van der Waals surface area (Å²) in [7, 11) is 0. The van der Waals surface area contributed by atoms with Crippen LogP contribution in [0.3, 0.4) is 0 Å². The number of benzene rings is 10. The van der Waals surface area contributed by atoms with Gasteiger partial charge in [0, 0.05) is 44.6 Å². The normalized spacial score (nSPS) is 11.3. The zero-order valence-electron chi connectivity index (χ0n) is 36.4. The second-order valence-corrected chi connectivity index (χ2v) is 16.7. The predicted molar refractivity (Wildman–Crippen MR) is 276 cm³/mol. The third-order valence-electron chi connectivity index (χ3n) is 12.5. The minimum atomic E-state index is 0.441. The molecular weight excluding hydrogens is 817 g/mol. The van der Waals surface area contributed by atoms with Gasteiger partial charge in [-0.3, -0.25) is 0 Å². The lowest BCUT2D eigenvalue weighted by Crippen LogP contribution is -2.10. The Kier molecular flexibility index (Phi) is 10.1. The Hall–Kier alpha value is -9.06. The van der Waals surface area contributed by atoms with Crippen LogP contribution in [-0.4, -0.2) is 14.8 Å². The summed E-state index contributed by atoms with van der Waals surface area (Å²) >= 11 is 0. The van der Waals surface area contributed by atoms with E-state index in [0.717, 1.165) is 94.8 Å². The van der Waals surface area contributed by atoms with Crippen LogP contribution in [0.5, 0.6) is 0 Å². The fourth-order valence-electron chi connectivity index (χ4n) is 9.31. The van der Waals surface area contributed by atoms with E-state index in [4.69, 9.17) is 4.42 Å². The van der Waals surface area contributed by atoms with E-state index in [-0.39, 0.29) is 0 Å². The molecule has 0 aliphatic rings. The molecule has 0 spiro atoms. The van der Waals surface area contributed by atoms with Crippen molar-refractivity contribution < 1.29 is 4.42 Å². The molecule has 0 fully saturated rings. The third kappa shape index (κ3) is 7.64. The van der Waals surface area contributed by atoms with Crippen molar-refractivity contribution in [1.29, 1.82) is 0 Å². The van der Waals surface area contributed by atoms with Crippen LogP contribution < -0.4 is 4.90 Å². The van der Waals surface area contributed by atoms with Gasteiger partial charge in [0.1, 0.15) is 0 Å². The van der Waals surface area contributed by atoms with Crippen LogP contribution in [-0.2, 0) is 0 Å². The summed E-state index contributed by atoms with van der Waals surface area (Å²) in [6.45, 7) is 0. The first-order valence-electron chi connectivity index (χ1n) is 22.6. The maximum absolute atomic E-state index is 6.63. The molecule has 0 bridgehead atoms. The predicted octanol–water partition coefficient (Wildman–Crippen LogP) is 16.6. The van der Waals surface area contributed by atoms with Crippen molar-refractivity contribution in [3.05, 3.63) is 255 Å². The number of anilines is 3. The van der Waals surface area contributed by atoms with E-state index in [1.807, 2.05) is 6.07 Å². The van der Waals surface area contributed by atoms with Crippen molar-refractivity contribution >= 4 is 38.9 Å². The van der Waals surface area contributed by atoms with Crippen molar-refractivity contribution in [2.24, 2.45) is 0 Å². The molecule has 67 heavy (non-hydrogen) atoms. The molecule has 0 saturated carbocycles. The van der Waals surface area contributed by atoms with Gasteiger partial charge in [0.25, 0.3) is 0 Å². The molecule has 5 nitrogen and oxygen atoms in total. The van der Waals surface area contributed by atoms with E-state index in [0.29, 0.717) is 11.8 Å². The molecule has 10 aromatic carbocycles. The Bertz CT molecular complexity index is 3560. The molecule has 0 aliphatic carbocycles. The molecule has 2 heterocycles. The van der Waals surface area contributed by atoms with Gasteiger partial charge in [-0.1, -0.05) is 170 Å². The number of rotatable bonds is 10. The molecule has 0 unspecified atom stereocenters. The van der Waals surface area contributed by atoms with Crippen LogP contribution in [0.2, 0.25) is 0 Å². The molecule has 0 atom stereocenters. The SMILES string of the molecule is c1ccc(-c2cc(-c3ccccc3)cc(N(c3ccccc3)c3cccc(-c4nnc(-c5ccc6c7ccccc7n(-c7cc(-c8ccccc8)cc(-c8ccccc8)c7)c6c5)o4)c3)c2)cc1. The molecule has 12 aromatic rings. The molecule has 5 heteroatoms. The highest BCUT2D eigenvalue weighted by molar-refractivity contribution is 6.10. The van der Waals surface area contributed by atoms with Crippen LogP contribution in [0.25, 0.3) is 94.9 Å². The summed E-state index contributed by atoms with van der Waals surface area (Å²) in [5.41, 5.74) is 17.1. The first kappa shape index (κ1) is 39.5. The van der Waals surface area contributed by atoms with Gasteiger partial charge in [-0.05, 0) is 129 Å². The Balaban J connectivity index is 0.958. The summed E-state index contributed by atoms with van der Waals surface area (Å²) < 4.78 is 8.99. The maximum atomic E-state index is 6.63. The van der Waals surface area contributed by atoms with E-state index in [1.165, 1.54) is 5.39 Å². The van der Waals surface area contributed by atoms with Crippen LogP contribution in [0.1, 0.15) is 0 Å². The fraction of sp³-hybridized carbons (Fsp3) is 0. The summed E-state index contributed by atoms with van der Waals surface area (Å²) in [5, 5.41) is 11.7. The second-order valence-electron chi connectivity index (χ2n) is 16.7. The van der Waals surface area contributed by atoms with Crippen LogP contribution in [0, 0.1) is 0 Å². The number of para-hydroxylation sites is 2. The van der Waals surface area contributed by atoms with E-state index in [1.54, 1.807) is 0 Å². The smallest absolute Gasteiger partial charge is 0.248 e. The van der Waals surface area contributed by atoms with Crippen molar-refractivity contribution in [3.8, 4) is 73.1 Å². The fourth-order valence-corrected chi connectivity index (χ4v) is 9.31. The van der Waals surface area contributed by atoms with Crippen molar-refractivity contribution in [3.63, 3.8) is 0 Å². The maximum Gasteiger partial charge on any atom is 0.248 e. The van der Waals surface area contributed by atoms with Gasteiger partial charge in [-0.25, -0.2) is 0 Å². The van der Waals surface area contributed by atoms with Crippen molar-refractivity contribution in [1.82, 2.24) is 14.8 Å². The molecule has 0 N–H and O–H groups in total. The minimum Gasteiger partial charge on any atom is -0.416 e. The number of nitrogens with zero attached hydrogens (tertiary/aromatic N) is 4. The first-order valence-corrected chi connectivity index (χ1v) is 22.6. The molecule has 12 rings (SSSR count). The van der Waals surface area contributed by atoms with Gasteiger partial charge in [0.15, 0.2) is 0 Å². The van der Waals surface area contributed by atoms with E-state index >= 15 is 0 Å². The van der Waals surface area contributed by atoms with Gasteiger partial charge in [-0.15, -0.1) is 10.2 Å². The topological polar surface area (TPSA) is 47.1 Å². The Labute approximate surface area is 389 Å². The average molecular weight is 859 g/mol. The molecule has 0 aliphatic heterocycles. The number of hydrogen-bond donors (Lipinski definition) is 0. The zero-order valence-corrected chi connectivity index (χ0v) is 36.4. The zero-order chi connectivity index (χ0) is 44.5. The number of aromatic nitrogens is 3. The summed E-state index contributed by atoms with van der Waals surface area (Å²) in [6, 6.07) is 89.9. The monoisotopic (exact) mass is 858 g/mol. The highest BCUT2D eigenvalue weighted by Crippen LogP contribution is 2.42. The van der Waals surface area contributed by atoms with Gasteiger partial charge in [0.2, 0.25) is 11.8 Å². The Morgan fingerprint density at radius 3 is 1.25 bits per heavy atom. The lowest BCUT2D eigenvalue weighted by atomic mass is 9.97. The van der Waals surface area contributed by atoms with E-state index in [9.17, 15) is 0 Å².